The minimum atomic E-state index is 0.0818. The zero-order valence-electron chi connectivity index (χ0n) is 17.3. The van der Waals surface area contributed by atoms with Gasteiger partial charge in [0.05, 0.1) is 19.9 Å². The van der Waals surface area contributed by atoms with Crippen LogP contribution in [0.3, 0.4) is 0 Å². The summed E-state index contributed by atoms with van der Waals surface area (Å²) in [5.74, 6) is 2.59. The molecule has 30 heavy (non-hydrogen) atoms. The predicted octanol–water partition coefficient (Wildman–Crippen LogP) is 3.43. The fourth-order valence-electron chi connectivity index (χ4n) is 3.08. The molecule has 0 bridgehead atoms. The lowest BCUT2D eigenvalue weighted by Gasteiger charge is -2.21. The lowest BCUT2D eigenvalue weighted by atomic mass is 10.1. The number of carbonyl (C=O) groups excluding carboxylic acids is 1. The van der Waals surface area contributed by atoms with E-state index in [-0.39, 0.29) is 5.91 Å². The lowest BCUT2D eigenvalue weighted by Crippen LogP contribution is -2.32. The Labute approximate surface area is 176 Å². The van der Waals surface area contributed by atoms with Crippen molar-refractivity contribution in [2.24, 2.45) is 5.73 Å². The summed E-state index contributed by atoms with van der Waals surface area (Å²) >= 11 is 0. The summed E-state index contributed by atoms with van der Waals surface area (Å²) in [6.07, 6.45) is 5.28. The largest absolute Gasteiger partial charge is 0.497 e. The number of hydrogen-bond donors (Lipinski definition) is 1. The van der Waals surface area contributed by atoms with Gasteiger partial charge in [-0.15, -0.1) is 0 Å². The first-order valence-electron chi connectivity index (χ1n) is 10.2. The van der Waals surface area contributed by atoms with Crippen LogP contribution in [0.15, 0.2) is 51.6 Å². The molecule has 8 nitrogen and oxygen atoms in total. The summed E-state index contributed by atoms with van der Waals surface area (Å²) in [5.41, 5.74) is 6.37. The molecule has 8 heteroatoms. The molecular weight excluding hydrogens is 384 g/mol. The van der Waals surface area contributed by atoms with Gasteiger partial charge in [-0.3, -0.25) is 4.79 Å². The molecular formula is C22H28N4O4. The van der Waals surface area contributed by atoms with Crippen LogP contribution in [-0.2, 0) is 17.8 Å². The molecule has 2 heterocycles. The molecule has 2 aromatic heterocycles. The zero-order chi connectivity index (χ0) is 21.2. The van der Waals surface area contributed by atoms with Gasteiger partial charge in [0.2, 0.25) is 17.6 Å². The van der Waals surface area contributed by atoms with E-state index >= 15 is 0 Å². The summed E-state index contributed by atoms with van der Waals surface area (Å²) in [4.78, 5) is 18.9. The van der Waals surface area contributed by atoms with Gasteiger partial charge >= 0.3 is 0 Å². The molecule has 0 radical (unpaired) electrons. The van der Waals surface area contributed by atoms with Crippen LogP contribution in [0.4, 0.5) is 0 Å². The summed E-state index contributed by atoms with van der Waals surface area (Å²) in [6.45, 7) is 1.54. The van der Waals surface area contributed by atoms with Gasteiger partial charge in [0.1, 0.15) is 11.5 Å². The second-order valence-corrected chi connectivity index (χ2v) is 6.98. The first-order chi connectivity index (χ1) is 14.7. The van der Waals surface area contributed by atoms with Crippen LogP contribution in [0.1, 0.15) is 37.3 Å². The second kappa shape index (κ2) is 11.2. The molecule has 0 saturated carbocycles. The smallest absolute Gasteiger partial charge is 0.228 e. The SMILES string of the molecule is COc1ccc(-c2noc(CCN(Cc3ccco3)C(=O)CCCCCN)n2)cc1. The van der Waals surface area contributed by atoms with Crippen LogP contribution >= 0.6 is 0 Å². The maximum atomic E-state index is 12.7. The van der Waals surface area contributed by atoms with E-state index in [2.05, 4.69) is 10.1 Å². The number of carbonyl (C=O) groups is 1. The molecule has 0 fully saturated rings. The van der Waals surface area contributed by atoms with E-state index in [9.17, 15) is 4.79 Å². The number of amides is 1. The molecule has 0 aliphatic heterocycles. The minimum absolute atomic E-state index is 0.0818. The van der Waals surface area contributed by atoms with E-state index in [1.807, 2.05) is 36.4 Å². The van der Waals surface area contributed by atoms with Crippen LogP contribution in [0.5, 0.6) is 5.75 Å². The molecule has 0 unspecified atom stereocenters. The summed E-state index contributed by atoms with van der Waals surface area (Å²) in [5, 5.41) is 4.05. The summed E-state index contributed by atoms with van der Waals surface area (Å²) < 4.78 is 16.0. The monoisotopic (exact) mass is 412 g/mol. The Morgan fingerprint density at radius 2 is 2.00 bits per heavy atom. The number of nitrogens with zero attached hydrogens (tertiary/aromatic N) is 3. The first-order valence-corrected chi connectivity index (χ1v) is 10.2. The molecule has 1 amide bonds. The average Bonchev–Trinajstić information content (AvgIpc) is 3.46. The van der Waals surface area contributed by atoms with Crippen LogP contribution in [-0.4, -0.2) is 41.1 Å². The maximum Gasteiger partial charge on any atom is 0.228 e. The Morgan fingerprint density at radius 3 is 2.70 bits per heavy atom. The van der Waals surface area contributed by atoms with E-state index in [1.54, 1.807) is 18.3 Å². The van der Waals surface area contributed by atoms with Gasteiger partial charge in [-0.05, 0) is 55.8 Å². The molecule has 2 N–H and O–H groups in total. The van der Waals surface area contributed by atoms with Crippen molar-refractivity contribution in [2.75, 3.05) is 20.2 Å². The van der Waals surface area contributed by atoms with E-state index in [0.29, 0.717) is 44.2 Å². The van der Waals surface area contributed by atoms with Crippen molar-refractivity contribution >= 4 is 5.91 Å². The molecule has 3 aromatic rings. The van der Waals surface area contributed by atoms with Crippen LogP contribution < -0.4 is 10.5 Å². The van der Waals surface area contributed by atoms with Gasteiger partial charge in [0, 0.05) is 24.9 Å². The Kier molecular flexibility index (Phi) is 8.02. The number of rotatable bonds is 12. The van der Waals surface area contributed by atoms with Gasteiger partial charge in [-0.2, -0.15) is 4.98 Å². The van der Waals surface area contributed by atoms with Crippen molar-refractivity contribution in [2.45, 2.75) is 38.6 Å². The topological polar surface area (TPSA) is 108 Å². The highest BCUT2D eigenvalue weighted by atomic mass is 16.5. The zero-order valence-corrected chi connectivity index (χ0v) is 17.3. The van der Waals surface area contributed by atoms with Crippen molar-refractivity contribution in [3.63, 3.8) is 0 Å². The van der Waals surface area contributed by atoms with E-state index in [4.69, 9.17) is 19.4 Å². The van der Waals surface area contributed by atoms with Crippen molar-refractivity contribution in [1.29, 1.82) is 0 Å². The molecule has 0 spiro atoms. The fourth-order valence-corrected chi connectivity index (χ4v) is 3.08. The van der Waals surface area contributed by atoms with E-state index in [0.717, 1.165) is 36.3 Å². The third-order valence-electron chi connectivity index (χ3n) is 4.79. The highest BCUT2D eigenvalue weighted by Gasteiger charge is 2.17. The van der Waals surface area contributed by atoms with Gasteiger partial charge in [-0.25, -0.2) is 0 Å². The summed E-state index contributed by atoms with van der Waals surface area (Å²) in [6, 6.07) is 11.1. The number of furan rings is 1. The highest BCUT2D eigenvalue weighted by Crippen LogP contribution is 2.20. The fraction of sp³-hybridized carbons (Fsp3) is 0.409. The molecule has 0 aliphatic carbocycles. The molecule has 0 atom stereocenters. The first kappa shape index (κ1) is 21.6. The van der Waals surface area contributed by atoms with Crippen LogP contribution in [0.2, 0.25) is 0 Å². The molecule has 3 rings (SSSR count). The normalized spacial score (nSPS) is 10.9. The molecule has 0 saturated heterocycles. The van der Waals surface area contributed by atoms with Gasteiger partial charge < -0.3 is 24.3 Å². The van der Waals surface area contributed by atoms with Gasteiger partial charge in [0.25, 0.3) is 0 Å². The minimum Gasteiger partial charge on any atom is -0.497 e. The second-order valence-electron chi connectivity index (χ2n) is 6.98. The van der Waals surface area contributed by atoms with Crippen molar-refractivity contribution < 1.29 is 18.5 Å². The van der Waals surface area contributed by atoms with Crippen molar-refractivity contribution in [3.8, 4) is 17.1 Å². The Balaban J connectivity index is 1.60. The molecule has 160 valence electrons. The van der Waals surface area contributed by atoms with Crippen LogP contribution in [0.25, 0.3) is 11.4 Å². The molecule has 1 aromatic carbocycles. The van der Waals surface area contributed by atoms with Crippen molar-refractivity contribution in [3.05, 3.63) is 54.3 Å². The lowest BCUT2D eigenvalue weighted by molar-refractivity contribution is -0.132. The highest BCUT2D eigenvalue weighted by molar-refractivity contribution is 5.76. The number of ether oxygens (including phenoxy) is 1. The van der Waals surface area contributed by atoms with Gasteiger partial charge in [0.15, 0.2) is 0 Å². The van der Waals surface area contributed by atoms with E-state index in [1.165, 1.54) is 0 Å². The van der Waals surface area contributed by atoms with Crippen molar-refractivity contribution in [1.82, 2.24) is 15.0 Å². The number of nitrogens with two attached hydrogens (primary N) is 1. The average molecular weight is 412 g/mol. The van der Waals surface area contributed by atoms with Crippen LogP contribution in [0, 0.1) is 0 Å². The molecule has 0 aliphatic rings. The van der Waals surface area contributed by atoms with E-state index < -0.39 is 0 Å². The number of aromatic nitrogens is 2. The Bertz CT molecular complexity index is 890. The third kappa shape index (κ3) is 6.18. The maximum absolute atomic E-state index is 12.7. The predicted molar refractivity (Wildman–Crippen MR) is 112 cm³/mol. The quantitative estimate of drug-likeness (QED) is 0.454. The standard InChI is InChI=1S/C22H28N4O4/c1-28-18-10-8-17(9-11-18)22-24-20(30-25-22)12-14-26(16-19-6-5-15-29-19)21(27)7-3-2-4-13-23/h5-6,8-11,15H,2-4,7,12-14,16,23H2,1H3. The third-order valence-corrected chi connectivity index (χ3v) is 4.79. The summed E-state index contributed by atoms with van der Waals surface area (Å²) in [7, 11) is 1.62. The number of unbranched alkanes of at least 4 members (excludes halogenated alkanes) is 2. The number of benzene rings is 1. The Morgan fingerprint density at radius 1 is 1.17 bits per heavy atom. The number of methoxy groups -OCH3 is 1. The Hall–Kier alpha value is -3.13. The van der Waals surface area contributed by atoms with Gasteiger partial charge in [-0.1, -0.05) is 11.6 Å². The number of hydrogen-bond acceptors (Lipinski definition) is 7.